The van der Waals surface area contributed by atoms with Crippen LogP contribution in [0.5, 0.6) is 0 Å². The molecule has 0 bridgehead atoms. The van der Waals surface area contributed by atoms with Crippen LogP contribution in [0.3, 0.4) is 0 Å². The lowest BCUT2D eigenvalue weighted by Gasteiger charge is -2.63. The van der Waals surface area contributed by atoms with Crippen molar-refractivity contribution in [3.05, 3.63) is 0 Å². The smallest absolute Gasteiger partial charge is 0.248 e. The molecule has 4 aliphatic rings. The fourth-order valence-electron chi connectivity index (χ4n) is 7.93. The zero-order chi connectivity index (χ0) is 18.2. The Bertz CT molecular complexity index is 532. The first-order chi connectivity index (χ1) is 11.6. The van der Waals surface area contributed by atoms with Crippen LogP contribution in [0.2, 0.25) is 0 Å². The van der Waals surface area contributed by atoms with Crippen molar-refractivity contribution in [2.75, 3.05) is 0 Å². The quantitative estimate of drug-likeness (QED) is 0.621. The summed E-state index contributed by atoms with van der Waals surface area (Å²) >= 11 is 0. The summed E-state index contributed by atoms with van der Waals surface area (Å²) in [4.78, 5) is 0. The fraction of sp³-hybridized carbons (Fsp3) is 1.00. The Morgan fingerprint density at radius 1 is 0.920 bits per heavy atom. The molecule has 4 fully saturated rings. The Kier molecular flexibility index (Phi) is 4.12. The van der Waals surface area contributed by atoms with Gasteiger partial charge in [-0.25, -0.2) is 8.78 Å². The molecular formula is C22H36F2O. The van der Waals surface area contributed by atoms with Crippen molar-refractivity contribution < 1.29 is 13.9 Å². The van der Waals surface area contributed by atoms with Gasteiger partial charge in [-0.05, 0) is 84.9 Å². The Balaban J connectivity index is 1.72. The number of rotatable bonds is 1. The zero-order valence-electron chi connectivity index (χ0n) is 16.4. The summed E-state index contributed by atoms with van der Waals surface area (Å²) in [7, 11) is 0. The van der Waals surface area contributed by atoms with Crippen LogP contribution in [0.1, 0.15) is 79.1 Å². The Morgan fingerprint density at radius 2 is 1.60 bits per heavy atom. The summed E-state index contributed by atoms with van der Waals surface area (Å²) in [6.07, 6.45) is 6.01. The van der Waals surface area contributed by atoms with Gasteiger partial charge in [0, 0.05) is 12.8 Å². The largest absolute Gasteiger partial charge is 0.393 e. The maximum Gasteiger partial charge on any atom is 0.248 e. The second kappa shape index (κ2) is 5.66. The predicted molar refractivity (Wildman–Crippen MR) is 96.4 cm³/mol. The van der Waals surface area contributed by atoms with Crippen LogP contribution in [-0.4, -0.2) is 17.1 Å². The number of halogens is 2. The second-order valence-electron chi connectivity index (χ2n) is 10.8. The topological polar surface area (TPSA) is 20.2 Å². The van der Waals surface area contributed by atoms with Gasteiger partial charge in [0.2, 0.25) is 5.92 Å². The van der Waals surface area contributed by atoms with Crippen LogP contribution in [0.4, 0.5) is 8.78 Å². The molecule has 4 saturated carbocycles. The number of hydrogen-bond donors (Lipinski definition) is 1. The van der Waals surface area contributed by atoms with Crippen LogP contribution in [0.25, 0.3) is 0 Å². The molecule has 4 rings (SSSR count). The van der Waals surface area contributed by atoms with Crippen LogP contribution in [0.15, 0.2) is 0 Å². The van der Waals surface area contributed by atoms with Crippen LogP contribution in [-0.2, 0) is 0 Å². The first-order valence-corrected chi connectivity index (χ1v) is 10.6. The molecule has 1 unspecified atom stereocenters. The normalized spacial score (nSPS) is 54.7. The highest BCUT2D eigenvalue weighted by molar-refractivity contribution is 5.12. The van der Waals surface area contributed by atoms with E-state index in [2.05, 4.69) is 27.7 Å². The van der Waals surface area contributed by atoms with Gasteiger partial charge < -0.3 is 5.11 Å². The molecule has 1 N–H and O–H groups in total. The molecule has 0 amide bonds. The minimum atomic E-state index is -2.45. The van der Waals surface area contributed by atoms with E-state index in [1.54, 1.807) is 0 Å². The van der Waals surface area contributed by atoms with Crippen molar-refractivity contribution in [2.45, 2.75) is 91.1 Å². The molecule has 0 aromatic rings. The number of fused-ring (bicyclic) bond motifs is 5. The molecule has 3 heteroatoms. The lowest BCUT2D eigenvalue weighted by Crippen LogP contribution is -2.58. The van der Waals surface area contributed by atoms with Gasteiger partial charge in [0.15, 0.2) is 0 Å². The lowest BCUT2D eigenvalue weighted by molar-refractivity contribution is -0.189. The third kappa shape index (κ3) is 2.54. The van der Waals surface area contributed by atoms with E-state index >= 15 is 0 Å². The average Bonchev–Trinajstić information content (AvgIpc) is 2.83. The van der Waals surface area contributed by atoms with Gasteiger partial charge in [0.25, 0.3) is 0 Å². The summed E-state index contributed by atoms with van der Waals surface area (Å²) in [6, 6.07) is 0. The molecule has 8 atom stereocenters. The highest BCUT2D eigenvalue weighted by Crippen LogP contribution is 2.69. The molecule has 25 heavy (non-hydrogen) atoms. The molecular weight excluding hydrogens is 318 g/mol. The first kappa shape index (κ1) is 18.2. The summed E-state index contributed by atoms with van der Waals surface area (Å²) in [6.45, 7) is 9.24. The van der Waals surface area contributed by atoms with Crippen LogP contribution in [0, 0.1) is 46.3 Å². The average molecular weight is 355 g/mol. The highest BCUT2D eigenvalue weighted by Gasteiger charge is 2.64. The van der Waals surface area contributed by atoms with Gasteiger partial charge >= 0.3 is 0 Å². The minimum absolute atomic E-state index is 0.0656. The molecule has 1 nitrogen and oxygen atoms in total. The Hall–Kier alpha value is -0.180. The monoisotopic (exact) mass is 354 g/mol. The molecule has 0 aromatic carbocycles. The van der Waals surface area contributed by atoms with E-state index in [0.29, 0.717) is 36.0 Å². The summed E-state index contributed by atoms with van der Waals surface area (Å²) in [5.41, 5.74) is 0.155. The van der Waals surface area contributed by atoms with E-state index in [1.165, 1.54) is 0 Å². The standard InChI is InChI=1S/C22H36F2O/c1-13(2)15-11-14-12-22(23,24)10-9-20(14,3)17-7-8-21(4)16(19(15)17)5-6-18(21)25/h13-19,25H,5-12H2,1-4H3/t14-,15?,16-,17-,18-,19-,20-,21-/m0/s1. The van der Waals surface area contributed by atoms with E-state index in [-0.39, 0.29) is 35.7 Å². The van der Waals surface area contributed by atoms with Gasteiger partial charge in [0.1, 0.15) is 0 Å². The number of aliphatic hydroxyl groups excluding tert-OH is 1. The van der Waals surface area contributed by atoms with E-state index < -0.39 is 5.92 Å². The second-order valence-corrected chi connectivity index (χ2v) is 10.8. The van der Waals surface area contributed by atoms with E-state index in [4.69, 9.17) is 0 Å². The highest BCUT2D eigenvalue weighted by atomic mass is 19.3. The van der Waals surface area contributed by atoms with Crippen molar-refractivity contribution in [1.29, 1.82) is 0 Å². The minimum Gasteiger partial charge on any atom is -0.393 e. The summed E-state index contributed by atoms with van der Waals surface area (Å²) in [5.74, 6) is 0.627. The van der Waals surface area contributed by atoms with Gasteiger partial charge in [-0.1, -0.05) is 27.7 Å². The van der Waals surface area contributed by atoms with Gasteiger partial charge in [-0.3, -0.25) is 0 Å². The summed E-state index contributed by atoms with van der Waals surface area (Å²) in [5, 5.41) is 10.7. The lowest BCUT2D eigenvalue weighted by atomic mass is 9.42. The van der Waals surface area contributed by atoms with Crippen molar-refractivity contribution in [1.82, 2.24) is 0 Å². The molecule has 0 aliphatic heterocycles. The number of aliphatic hydroxyl groups is 1. The molecule has 0 aromatic heterocycles. The van der Waals surface area contributed by atoms with Crippen molar-refractivity contribution >= 4 is 0 Å². The maximum atomic E-state index is 14.2. The van der Waals surface area contributed by atoms with E-state index in [1.807, 2.05) is 0 Å². The van der Waals surface area contributed by atoms with Gasteiger partial charge in [0.05, 0.1) is 6.10 Å². The van der Waals surface area contributed by atoms with Crippen LogP contribution < -0.4 is 0 Å². The van der Waals surface area contributed by atoms with Crippen molar-refractivity contribution in [2.24, 2.45) is 46.3 Å². The zero-order valence-corrected chi connectivity index (χ0v) is 16.4. The van der Waals surface area contributed by atoms with Crippen molar-refractivity contribution in [3.8, 4) is 0 Å². The SMILES string of the molecule is CC(C)C1C[C@H]2CC(F)(F)CC[C@]2(C)[C@H]2CC[C@]3(C)[C@@H](O)CC[C@H]3[C@H]12. The Morgan fingerprint density at radius 3 is 2.28 bits per heavy atom. The molecule has 144 valence electrons. The van der Waals surface area contributed by atoms with Crippen molar-refractivity contribution in [3.63, 3.8) is 0 Å². The van der Waals surface area contributed by atoms with E-state index in [0.717, 1.165) is 32.1 Å². The molecule has 0 radical (unpaired) electrons. The fourth-order valence-corrected chi connectivity index (χ4v) is 7.93. The summed E-state index contributed by atoms with van der Waals surface area (Å²) < 4.78 is 28.4. The van der Waals surface area contributed by atoms with Gasteiger partial charge in [-0.2, -0.15) is 0 Å². The Labute approximate surface area is 152 Å². The third-order valence-corrected chi connectivity index (χ3v) is 9.54. The number of alkyl halides is 2. The van der Waals surface area contributed by atoms with Gasteiger partial charge in [-0.15, -0.1) is 0 Å². The molecule has 0 saturated heterocycles. The molecule has 4 aliphatic carbocycles. The van der Waals surface area contributed by atoms with E-state index in [9.17, 15) is 13.9 Å². The molecule has 0 spiro atoms. The third-order valence-electron chi connectivity index (χ3n) is 9.54. The number of hydrogen-bond acceptors (Lipinski definition) is 1. The predicted octanol–water partition coefficient (Wildman–Crippen LogP) is 5.91. The van der Waals surface area contributed by atoms with Crippen LogP contribution >= 0.6 is 0 Å². The maximum absolute atomic E-state index is 14.2. The first-order valence-electron chi connectivity index (χ1n) is 10.6. The molecule has 0 heterocycles.